The van der Waals surface area contributed by atoms with Crippen LogP contribution in [0.15, 0.2) is 18.3 Å². The SMILES string of the molecule is N#CC[C@@]1(c2ccc(F)cn2)CCO[C@@]2(CCOC2)C1. The van der Waals surface area contributed by atoms with E-state index in [9.17, 15) is 9.65 Å². The Hall–Kier alpha value is -1.51. The fraction of sp³-hybridized carbons (Fsp3) is 0.600. The van der Waals surface area contributed by atoms with Gasteiger partial charge < -0.3 is 9.47 Å². The van der Waals surface area contributed by atoms with E-state index in [-0.39, 0.29) is 16.8 Å². The van der Waals surface area contributed by atoms with Gasteiger partial charge in [-0.05, 0) is 25.0 Å². The Morgan fingerprint density at radius 2 is 2.25 bits per heavy atom. The number of hydrogen-bond donors (Lipinski definition) is 0. The minimum atomic E-state index is -0.355. The number of halogens is 1. The van der Waals surface area contributed by atoms with Crippen molar-refractivity contribution in [3.63, 3.8) is 0 Å². The molecule has 0 radical (unpaired) electrons. The third-order valence-corrected chi connectivity index (χ3v) is 4.40. The Morgan fingerprint density at radius 3 is 2.90 bits per heavy atom. The molecule has 106 valence electrons. The van der Waals surface area contributed by atoms with Gasteiger partial charge in [0.1, 0.15) is 5.82 Å². The summed E-state index contributed by atoms with van der Waals surface area (Å²) >= 11 is 0. The van der Waals surface area contributed by atoms with Crippen LogP contribution in [0.4, 0.5) is 4.39 Å². The molecule has 0 N–H and O–H groups in total. The van der Waals surface area contributed by atoms with E-state index in [4.69, 9.17) is 9.47 Å². The molecule has 2 atom stereocenters. The summed E-state index contributed by atoms with van der Waals surface area (Å²) in [5.74, 6) is -0.355. The van der Waals surface area contributed by atoms with E-state index >= 15 is 0 Å². The summed E-state index contributed by atoms with van der Waals surface area (Å²) in [5.41, 5.74) is 0.134. The first-order valence-electron chi connectivity index (χ1n) is 6.89. The molecule has 0 aromatic carbocycles. The van der Waals surface area contributed by atoms with Crippen molar-refractivity contribution in [1.29, 1.82) is 5.26 Å². The van der Waals surface area contributed by atoms with E-state index in [1.54, 1.807) is 6.07 Å². The Kier molecular flexibility index (Phi) is 3.45. The second-order valence-electron chi connectivity index (χ2n) is 5.74. The Labute approximate surface area is 117 Å². The van der Waals surface area contributed by atoms with Gasteiger partial charge in [0.2, 0.25) is 0 Å². The average Bonchev–Trinajstić information content (AvgIpc) is 2.87. The third-order valence-electron chi connectivity index (χ3n) is 4.40. The van der Waals surface area contributed by atoms with Crippen LogP contribution in [0.25, 0.3) is 0 Å². The first-order valence-corrected chi connectivity index (χ1v) is 6.89. The maximum Gasteiger partial charge on any atom is 0.141 e. The van der Waals surface area contributed by atoms with Gasteiger partial charge in [0.25, 0.3) is 0 Å². The molecule has 0 saturated carbocycles. The zero-order chi connectivity index (χ0) is 14.1. The molecule has 0 amide bonds. The average molecular weight is 276 g/mol. The van der Waals surface area contributed by atoms with Crippen LogP contribution in [0.2, 0.25) is 0 Å². The lowest BCUT2D eigenvalue weighted by atomic mass is 9.68. The highest BCUT2D eigenvalue weighted by Crippen LogP contribution is 2.46. The minimum Gasteiger partial charge on any atom is -0.378 e. The van der Waals surface area contributed by atoms with Crippen molar-refractivity contribution >= 4 is 0 Å². The highest BCUT2D eigenvalue weighted by molar-refractivity contribution is 5.22. The summed E-state index contributed by atoms with van der Waals surface area (Å²) < 4.78 is 24.5. The second-order valence-corrected chi connectivity index (χ2v) is 5.74. The van der Waals surface area contributed by atoms with E-state index in [2.05, 4.69) is 11.1 Å². The quantitative estimate of drug-likeness (QED) is 0.832. The predicted octanol–water partition coefficient (Wildman–Crippen LogP) is 2.34. The fourth-order valence-corrected chi connectivity index (χ4v) is 3.36. The highest BCUT2D eigenvalue weighted by Gasteiger charge is 2.49. The number of ether oxygens (including phenoxy) is 2. The van der Waals surface area contributed by atoms with Gasteiger partial charge in [-0.1, -0.05) is 0 Å². The van der Waals surface area contributed by atoms with Gasteiger partial charge in [-0.25, -0.2) is 4.39 Å². The van der Waals surface area contributed by atoms with Gasteiger partial charge in [0, 0.05) is 37.2 Å². The van der Waals surface area contributed by atoms with Crippen LogP contribution in [0.5, 0.6) is 0 Å². The monoisotopic (exact) mass is 276 g/mol. The second kappa shape index (κ2) is 5.12. The number of nitriles is 1. The van der Waals surface area contributed by atoms with E-state index in [0.29, 0.717) is 32.7 Å². The van der Waals surface area contributed by atoms with E-state index in [0.717, 1.165) is 18.5 Å². The zero-order valence-electron chi connectivity index (χ0n) is 11.3. The van der Waals surface area contributed by atoms with E-state index < -0.39 is 0 Å². The molecule has 4 nitrogen and oxygen atoms in total. The van der Waals surface area contributed by atoms with Crippen molar-refractivity contribution in [3.8, 4) is 6.07 Å². The number of pyridine rings is 1. The molecule has 1 aromatic rings. The molecule has 2 saturated heterocycles. The highest BCUT2D eigenvalue weighted by atomic mass is 19.1. The molecule has 5 heteroatoms. The number of aromatic nitrogens is 1. The summed E-state index contributed by atoms with van der Waals surface area (Å²) in [4.78, 5) is 4.22. The Morgan fingerprint density at radius 1 is 1.35 bits per heavy atom. The minimum absolute atomic E-state index is 0.300. The normalized spacial score (nSPS) is 33.2. The molecule has 0 bridgehead atoms. The van der Waals surface area contributed by atoms with Gasteiger partial charge in [-0.2, -0.15) is 5.26 Å². The van der Waals surface area contributed by atoms with Gasteiger partial charge in [0.05, 0.1) is 24.5 Å². The molecule has 1 spiro atoms. The molecule has 3 heterocycles. The number of rotatable bonds is 2. The van der Waals surface area contributed by atoms with Crippen molar-refractivity contribution in [2.75, 3.05) is 19.8 Å². The Bertz CT molecular complexity index is 520. The number of hydrogen-bond acceptors (Lipinski definition) is 4. The first-order chi connectivity index (χ1) is 9.68. The summed E-state index contributed by atoms with van der Waals surface area (Å²) in [6.45, 7) is 1.85. The van der Waals surface area contributed by atoms with Gasteiger partial charge >= 0.3 is 0 Å². The van der Waals surface area contributed by atoms with Crippen LogP contribution >= 0.6 is 0 Å². The third kappa shape index (κ3) is 2.30. The molecule has 1 aromatic heterocycles. The van der Waals surface area contributed by atoms with Crippen LogP contribution in [0.1, 0.15) is 31.4 Å². The van der Waals surface area contributed by atoms with Crippen LogP contribution < -0.4 is 0 Å². The molecule has 3 rings (SSSR count). The van der Waals surface area contributed by atoms with Crippen molar-refractivity contribution in [1.82, 2.24) is 4.98 Å². The summed E-state index contributed by atoms with van der Waals surface area (Å²) in [5, 5.41) is 9.21. The smallest absolute Gasteiger partial charge is 0.141 e. The van der Waals surface area contributed by atoms with Crippen molar-refractivity contribution < 1.29 is 13.9 Å². The van der Waals surface area contributed by atoms with Crippen LogP contribution in [-0.4, -0.2) is 30.4 Å². The van der Waals surface area contributed by atoms with Crippen molar-refractivity contribution in [2.24, 2.45) is 0 Å². The molecule has 2 aliphatic rings. The van der Waals surface area contributed by atoms with Gasteiger partial charge in [0.15, 0.2) is 0 Å². The lowest BCUT2D eigenvalue weighted by Crippen LogP contribution is -2.48. The molecular weight excluding hydrogens is 259 g/mol. The Balaban J connectivity index is 1.95. The van der Waals surface area contributed by atoms with Crippen molar-refractivity contribution in [2.45, 2.75) is 36.7 Å². The van der Waals surface area contributed by atoms with E-state index in [1.165, 1.54) is 12.3 Å². The topological polar surface area (TPSA) is 55.1 Å². The predicted molar refractivity (Wildman–Crippen MR) is 69.5 cm³/mol. The molecule has 0 unspecified atom stereocenters. The standard InChI is InChI=1S/C15H17FN2O2/c16-12-1-2-13(18-9-12)14(3-6-17)4-8-20-15(10-14)5-7-19-11-15/h1-2,9H,3-5,7-8,10-11H2/t14-,15+/m1/s1. The van der Waals surface area contributed by atoms with Crippen molar-refractivity contribution in [3.05, 3.63) is 29.8 Å². The zero-order valence-corrected chi connectivity index (χ0v) is 11.3. The van der Waals surface area contributed by atoms with Crippen LogP contribution in [-0.2, 0) is 14.9 Å². The maximum absolute atomic E-state index is 13.1. The maximum atomic E-state index is 13.1. The lowest BCUT2D eigenvalue weighted by Gasteiger charge is -2.44. The molecule has 20 heavy (non-hydrogen) atoms. The summed E-state index contributed by atoms with van der Waals surface area (Å²) in [7, 11) is 0. The van der Waals surface area contributed by atoms with Gasteiger partial charge in [-0.3, -0.25) is 4.98 Å². The number of nitrogens with zero attached hydrogens (tertiary/aromatic N) is 2. The molecule has 2 fully saturated rings. The first kappa shape index (κ1) is 13.5. The van der Waals surface area contributed by atoms with Crippen LogP contribution in [0, 0.1) is 17.1 Å². The van der Waals surface area contributed by atoms with Gasteiger partial charge in [-0.15, -0.1) is 0 Å². The molecule has 0 aliphatic carbocycles. The van der Waals surface area contributed by atoms with Crippen LogP contribution in [0.3, 0.4) is 0 Å². The molecule has 2 aliphatic heterocycles. The largest absolute Gasteiger partial charge is 0.378 e. The molecular formula is C15H17FN2O2. The lowest BCUT2D eigenvalue weighted by molar-refractivity contribution is -0.107. The fourth-order valence-electron chi connectivity index (χ4n) is 3.36. The summed E-state index contributed by atoms with van der Waals surface area (Å²) in [6.07, 6.45) is 3.90. The van der Waals surface area contributed by atoms with E-state index in [1.807, 2.05) is 0 Å². The summed E-state index contributed by atoms with van der Waals surface area (Å²) in [6, 6.07) is 5.37.